The first-order valence-electron chi connectivity index (χ1n) is 10.8. The number of benzene rings is 3. The van der Waals surface area contributed by atoms with Gasteiger partial charge in [0.15, 0.2) is 0 Å². The highest BCUT2D eigenvalue weighted by Crippen LogP contribution is 2.31. The van der Waals surface area contributed by atoms with Crippen molar-refractivity contribution < 1.29 is 18.3 Å². The average Bonchev–Trinajstić information content (AvgIpc) is 3.18. The molecular weight excluding hydrogens is 511 g/mol. The van der Waals surface area contributed by atoms with Gasteiger partial charge in [0, 0.05) is 35.9 Å². The molecule has 4 N–H and O–H groups in total. The second kappa shape index (κ2) is 10.8. The second-order valence-corrected chi connectivity index (χ2v) is 10.3. The maximum absolute atomic E-state index is 12.8. The largest absolute Gasteiger partial charge is 0.492 e. The first-order valence-corrected chi connectivity index (χ1v) is 13.0. The fourth-order valence-electron chi connectivity index (χ4n) is 3.57. The molecule has 1 unspecified atom stereocenters. The molecule has 0 spiro atoms. The standard InChI is InChI=1S/C24H24Cl2N4O4S/c1-15-19-9-8-18(13-22(19)29-28-15)34-11-10-27-14-23(31)16-4-2-5-17(12-16)30-35(32,33)24-20(25)6-3-7-21(24)26/h2-9,12-13,23,27,30-31H,10-11,14H2,1H3,(H,28,29). The van der Waals surface area contributed by atoms with E-state index >= 15 is 0 Å². The molecule has 0 saturated carbocycles. The van der Waals surface area contributed by atoms with Gasteiger partial charge in [-0.1, -0.05) is 41.4 Å². The SMILES string of the molecule is Cc1[nH]nc2cc(OCCNCC(O)c3cccc(NS(=O)(=O)c4c(Cl)cccc4Cl)c3)ccc12. The number of aliphatic hydroxyl groups excluding tert-OH is 1. The number of sulfonamides is 1. The minimum atomic E-state index is -4.01. The Morgan fingerprint density at radius 2 is 1.83 bits per heavy atom. The Morgan fingerprint density at radius 1 is 1.09 bits per heavy atom. The summed E-state index contributed by atoms with van der Waals surface area (Å²) < 4.78 is 33.8. The Bertz CT molecular complexity index is 1420. The maximum atomic E-state index is 12.8. The monoisotopic (exact) mass is 534 g/mol. The van der Waals surface area contributed by atoms with Gasteiger partial charge in [0.1, 0.15) is 17.3 Å². The van der Waals surface area contributed by atoms with Crippen molar-refractivity contribution >= 4 is 49.8 Å². The van der Waals surface area contributed by atoms with Crippen molar-refractivity contribution in [2.45, 2.75) is 17.9 Å². The number of anilines is 1. The van der Waals surface area contributed by atoms with Crippen LogP contribution in [0.15, 0.2) is 65.6 Å². The molecule has 1 aromatic heterocycles. The van der Waals surface area contributed by atoms with Gasteiger partial charge in [-0.3, -0.25) is 9.82 Å². The number of halogens is 2. The van der Waals surface area contributed by atoms with Gasteiger partial charge < -0.3 is 15.2 Å². The van der Waals surface area contributed by atoms with E-state index in [9.17, 15) is 13.5 Å². The van der Waals surface area contributed by atoms with Gasteiger partial charge in [0.25, 0.3) is 10.0 Å². The topological polar surface area (TPSA) is 116 Å². The van der Waals surface area contributed by atoms with Crippen molar-refractivity contribution in [1.82, 2.24) is 15.5 Å². The summed E-state index contributed by atoms with van der Waals surface area (Å²) in [4.78, 5) is -0.197. The average molecular weight is 535 g/mol. The van der Waals surface area contributed by atoms with Crippen LogP contribution in [0.4, 0.5) is 5.69 Å². The van der Waals surface area contributed by atoms with Crippen LogP contribution in [0.1, 0.15) is 17.4 Å². The molecule has 1 heterocycles. The Kier molecular flexibility index (Phi) is 7.83. The first-order chi connectivity index (χ1) is 16.7. The molecule has 0 saturated heterocycles. The highest BCUT2D eigenvalue weighted by molar-refractivity contribution is 7.93. The third kappa shape index (κ3) is 6.06. The quantitative estimate of drug-likeness (QED) is 0.219. The number of aryl methyl sites for hydroxylation is 1. The Balaban J connectivity index is 1.30. The van der Waals surface area contributed by atoms with Crippen LogP contribution in [0.3, 0.4) is 0 Å². The summed E-state index contributed by atoms with van der Waals surface area (Å²) in [6.45, 7) is 3.13. The molecule has 0 radical (unpaired) electrons. The maximum Gasteiger partial charge on any atom is 0.264 e. The van der Waals surface area contributed by atoms with Crippen molar-refractivity contribution in [2.24, 2.45) is 0 Å². The summed E-state index contributed by atoms with van der Waals surface area (Å²) in [5.41, 5.74) is 2.68. The smallest absolute Gasteiger partial charge is 0.264 e. The van der Waals surface area contributed by atoms with Crippen LogP contribution in [0.2, 0.25) is 10.0 Å². The van der Waals surface area contributed by atoms with E-state index in [0.717, 1.165) is 16.6 Å². The van der Waals surface area contributed by atoms with E-state index in [0.29, 0.717) is 24.5 Å². The van der Waals surface area contributed by atoms with E-state index in [1.807, 2.05) is 25.1 Å². The van der Waals surface area contributed by atoms with E-state index < -0.39 is 16.1 Å². The number of rotatable bonds is 10. The highest BCUT2D eigenvalue weighted by atomic mass is 35.5. The zero-order valence-corrected chi connectivity index (χ0v) is 21.1. The number of hydrogen-bond donors (Lipinski definition) is 4. The summed E-state index contributed by atoms with van der Waals surface area (Å²) >= 11 is 12.1. The van der Waals surface area contributed by atoms with E-state index in [1.54, 1.807) is 30.3 Å². The van der Waals surface area contributed by atoms with Crippen LogP contribution in [-0.2, 0) is 10.0 Å². The van der Waals surface area contributed by atoms with Crippen LogP contribution in [0.5, 0.6) is 5.75 Å². The predicted octanol–water partition coefficient (Wildman–Crippen LogP) is 4.68. The summed E-state index contributed by atoms with van der Waals surface area (Å²) in [6.07, 6.45) is -0.855. The summed E-state index contributed by atoms with van der Waals surface area (Å²) in [7, 11) is -4.01. The van der Waals surface area contributed by atoms with E-state index in [-0.39, 0.29) is 27.2 Å². The molecule has 0 fully saturated rings. The number of nitrogens with zero attached hydrogens (tertiary/aromatic N) is 1. The fraction of sp³-hybridized carbons (Fsp3) is 0.208. The number of H-pyrrole nitrogens is 1. The molecule has 0 bridgehead atoms. The Hall–Kier alpha value is -2.82. The van der Waals surface area contributed by atoms with Crippen molar-refractivity contribution in [2.75, 3.05) is 24.4 Å². The van der Waals surface area contributed by atoms with Gasteiger partial charge in [0.2, 0.25) is 0 Å². The molecule has 1 atom stereocenters. The number of ether oxygens (including phenoxy) is 1. The van der Waals surface area contributed by atoms with Gasteiger partial charge in [0.05, 0.1) is 21.7 Å². The molecule has 11 heteroatoms. The normalized spacial score (nSPS) is 12.6. The van der Waals surface area contributed by atoms with Crippen molar-refractivity contribution in [3.8, 4) is 5.75 Å². The Morgan fingerprint density at radius 3 is 2.60 bits per heavy atom. The summed E-state index contributed by atoms with van der Waals surface area (Å²) in [6, 6.07) is 16.7. The highest BCUT2D eigenvalue weighted by Gasteiger charge is 2.22. The fourth-order valence-corrected chi connectivity index (χ4v) is 5.76. The van der Waals surface area contributed by atoms with Crippen molar-refractivity contribution in [3.05, 3.63) is 82.0 Å². The lowest BCUT2D eigenvalue weighted by Crippen LogP contribution is -2.26. The molecule has 0 amide bonds. The van der Waals surface area contributed by atoms with Crippen molar-refractivity contribution in [1.29, 1.82) is 0 Å². The number of aliphatic hydroxyl groups is 1. The lowest BCUT2D eigenvalue weighted by Gasteiger charge is -2.15. The van der Waals surface area contributed by atoms with E-state index in [2.05, 4.69) is 20.2 Å². The van der Waals surface area contributed by atoms with Gasteiger partial charge >= 0.3 is 0 Å². The van der Waals surface area contributed by atoms with Crippen LogP contribution >= 0.6 is 23.2 Å². The summed E-state index contributed by atoms with van der Waals surface area (Å²) in [5, 5.41) is 21.9. The number of aromatic amines is 1. The molecule has 0 aliphatic rings. The van der Waals surface area contributed by atoms with Gasteiger partial charge in [-0.2, -0.15) is 5.10 Å². The van der Waals surface area contributed by atoms with Gasteiger partial charge in [-0.25, -0.2) is 8.42 Å². The van der Waals surface area contributed by atoms with Crippen LogP contribution < -0.4 is 14.8 Å². The molecule has 4 aromatic rings. The lowest BCUT2D eigenvalue weighted by molar-refractivity contribution is 0.172. The molecule has 184 valence electrons. The van der Waals surface area contributed by atoms with E-state index in [4.69, 9.17) is 27.9 Å². The minimum Gasteiger partial charge on any atom is -0.492 e. The molecule has 0 aliphatic heterocycles. The molecule has 4 rings (SSSR count). The molecule has 35 heavy (non-hydrogen) atoms. The van der Waals surface area contributed by atoms with Crippen molar-refractivity contribution in [3.63, 3.8) is 0 Å². The third-order valence-corrected chi connectivity index (χ3v) is 7.65. The lowest BCUT2D eigenvalue weighted by atomic mass is 10.1. The van der Waals surface area contributed by atoms with E-state index in [1.165, 1.54) is 12.1 Å². The minimum absolute atomic E-state index is 0.0204. The number of aromatic nitrogens is 2. The predicted molar refractivity (Wildman–Crippen MR) is 138 cm³/mol. The second-order valence-electron chi connectivity index (χ2n) is 7.88. The van der Waals surface area contributed by atoms with Gasteiger partial charge in [-0.15, -0.1) is 0 Å². The summed E-state index contributed by atoms with van der Waals surface area (Å²) in [5.74, 6) is 0.713. The zero-order valence-electron chi connectivity index (χ0n) is 18.8. The zero-order chi connectivity index (χ0) is 25.0. The molecule has 8 nitrogen and oxygen atoms in total. The molecule has 0 aliphatic carbocycles. The molecular formula is C24H24Cl2N4O4S. The Labute approximate surface area is 213 Å². The van der Waals surface area contributed by atoms with Crippen LogP contribution in [0, 0.1) is 6.92 Å². The number of hydrogen-bond acceptors (Lipinski definition) is 6. The number of fused-ring (bicyclic) bond motifs is 1. The number of nitrogens with one attached hydrogen (secondary N) is 3. The molecule has 3 aromatic carbocycles. The van der Waals surface area contributed by atoms with Crippen LogP contribution in [0.25, 0.3) is 10.9 Å². The van der Waals surface area contributed by atoms with Crippen LogP contribution in [-0.4, -0.2) is 43.4 Å². The third-order valence-electron chi connectivity index (χ3n) is 5.31. The van der Waals surface area contributed by atoms with Gasteiger partial charge in [-0.05, 0) is 48.9 Å². The first kappa shape index (κ1) is 25.3.